The van der Waals surface area contributed by atoms with Crippen molar-refractivity contribution >= 4 is 0 Å². The van der Waals surface area contributed by atoms with Gasteiger partial charge in [-0.3, -0.25) is 4.90 Å². The van der Waals surface area contributed by atoms with Crippen molar-refractivity contribution < 1.29 is 19.3 Å². The minimum absolute atomic E-state index is 0.215. The lowest BCUT2D eigenvalue weighted by atomic mass is 9.77. The first kappa shape index (κ1) is 14.9. The van der Waals surface area contributed by atoms with Crippen LogP contribution in [0.15, 0.2) is 24.3 Å². The Morgan fingerprint density at radius 1 is 1.16 bits per heavy atom. The van der Waals surface area contributed by atoms with Crippen molar-refractivity contribution in [3.8, 4) is 23.0 Å². The minimum atomic E-state index is 0.215. The van der Waals surface area contributed by atoms with E-state index in [1.54, 1.807) is 13.2 Å². The van der Waals surface area contributed by atoms with Crippen LogP contribution in [0, 0.1) is 0 Å². The third-order valence-electron chi connectivity index (χ3n) is 5.82. The van der Waals surface area contributed by atoms with Crippen molar-refractivity contribution in [2.24, 2.45) is 0 Å². The highest BCUT2D eigenvalue weighted by Gasteiger charge is 2.39. The fraction of sp³-hybridized carbons (Fsp3) is 0.400. The van der Waals surface area contributed by atoms with Crippen molar-refractivity contribution in [2.45, 2.75) is 31.8 Å². The summed E-state index contributed by atoms with van der Waals surface area (Å²) < 4.78 is 16.6. The van der Waals surface area contributed by atoms with Gasteiger partial charge >= 0.3 is 0 Å². The van der Waals surface area contributed by atoms with Gasteiger partial charge in [-0.05, 0) is 41.3 Å². The molecule has 5 heteroatoms. The van der Waals surface area contributed by atoms with Crippen molar-refractivity contribution in [1.82, 2.24) is 4.90 Å². The van der Waals surface area contributed by atoms with Crippen LogP contribution < -0.4 is 14.2 Å². The Bertz CT molecular complexity index is 863. The summed E-state index contributed by atoms with van der Waals surface area (Å²) in [5.41, 5.74) is 5.05. The van der Waals surface area contributed by atoms with Crippen LogP contribution in [0.3, 0.4) is 0 Å². The molecule has 0 amide bonds. The second-order valence-corrected chi connectivity index (χ2v) is 7.04. The third kappa shape index (κ3) is 2.05. The number of aromatic hydroxyl groups is 1. The minimum Gasteiger partial charge on any atom is -0.504 e. The van der Waals surface area contributed by atoms with Crippen LogP contribution in [0.1, 0.15) is 41.1 Å². The standard InChI is InChI=1S/C20H21NO4/c1-11-13-3-4-16(22)20(23-2)15(13)9-21-6-5-12-7-17-18(25-10-24-17)8-14(12)19(11)21/h3-4,7-8,11,19,22H,5-6,9-10H2,1-2H3. The first-order chi connectivity index (χ1) is 12.2. The highest BCUT2D eigenvalue weighted by Crippen LogP contribution is 2.51. The number of methoxy groups -OCH3 is 1. The zero-order valence-corrected chi connectivity index (χ0v) is 14.4. The van der Waals surface area contributed by atoms with Crippen LogP contribution in [-0.2, 0) is 13.0 Å². The van der Waals surface area contributed by atoms with E-state index in [1.165, 1.54) is 16.7 Å². The fourth-order valence-corrected chi connectivity index (χ4v) is 4.68. The highest BCUT2D eigenvalue weighted by atomic mass is 16.7. The van der Waals surface area contributed by atoms with E-state index in [0.717, 1.165) is 36.6 Å². The second-order valence-electron chi connectivity index (χ2n) is 7.04. The second kappa shape index (κ2) is 5.30. The maximum atomic E-state index is 10.1. The van der Waals surface area contributed by atoms with Crippen molar-refractivity contribution in [3.05, 3.63) is 46.5 Å². The first-order valence-corrected chi connectivity index (χ1v) is 8.72. The molecule has 2 aromatic carbocycles. The van der Waals surface area contributed by atoms with Crippen molar-refractivity contribution in [1.29, 1.82) is 0 Å². The van der Waals surface area contributed by atoms with Crippen LogP contribution in [0.25, 0.3) is 0 Å². The number of hydrogen-bond donors (Lipinski definition) is 1. The number of benzene rings is 2. The molecule has 2 unspecified atom stereocenters. The van der Waals surface area contributed by atoms with Gasteiger partial charge in [-0.1, -0.05) is 13.0 Å². The summed E-state index contributed by atoms with van der Waals surface area (Å²) in [7, 11) is 1.62. The lowest BCUT2D eigenvalue weighted by Crippen LogP contribution is -2.41. The largest absolute Gasteiger partial charge is 0.504 e. The smallest absolute Gasteiger partial charge is 0.231 e. The molecule has 0 saturated carbocycles. The molecule has 3 aliphatic heterocycles. The Balaban J connectivity index is 1.64. The molecule has 5 nitrogen and oxygen atoms in total. The van der Waals surface area contributed by atoms with E-state index < -0.39 is 0 Å². The number of phenolic OH excluding ortho intramolecular Hbond substituents is 1. The molecule has 25 heavy (non-hydrogen) atoms. The van der Waals surface area contributed by atoms with Crippen LogP contribution in [-0.4, -0.2) is 30.5 Å². The quantitative estimate of drug-likeness (QED) is 0.863. The molecule has 0 spiro atoms. The lowest BCUT2D eigenvalue weighted by molar-refractivity contribution is 0.136. The molecular weight excluding hydrogens is 318 g/mol. The highest BCUT2D eigenvalue weighted by molar-refractivity contribution is 5.56. The summed E-state index contributed by atoms with van der Waals surface area (Å²) in [5, 5.41) is 10.1. The molecule has 0 aliphatic carbocycles. The number of fused-ring (bicyclic) bond motifs is 5. The van der Waals surface area contributed by atoms with Gasteiger partial charge in [-0.15, -0.1) is 0 Å². The molecule has 5 rings (SSSR count). The maximum Gasteiger partial charge on any atom is 0.231 e. The number of ether oxygens (including phenoxy) is 3. The summed E-state index contributed by atoms with van der Waals surface area (Å²) in [4.78, 5) is 2.49. The summed E-state index contributed by atoms with van der Waals surface area (Å²) >= 11 is 0. The van der Waals surface area contributed by atoms with Gasteiger partial charge in [0.05, 0.1) is 7.11 Å². The van der Waals surface area contributed by atoms with Gasteiger partial charge < -0.3 is 19.3 Å². The van der Waals surface area contributed by atoms with E-state index in [1.807, 2.05) is 6.07 Å². The van der Waals surface area contributed by atoms with Crippen LogP contribution in [0.2, 0.25) is 0 Å². The molecule has 0 bridgehead atoms. The van der Waals surface area contributed by atoms with Crippen molar-refractivity contribution in [3.63, 3.8) is 0 Å². The Hall–Kier alpha value is -2.40. The zero-order valence-electron chi connectivity index (χ0n) is 14.4. The molecule has 0 saturated heterocycles. The normalized spacial score (nSPS) is 23.6. The monoisotopic (exact) mass is 339 g/mol. The predicted octanol–water partition coefficient (Wildman–Crippen LogP) is 3.35. The van der Waals surface area contributed by atoms with Crippen LogP contribution >= 0.6 is 0 Å². The number of hydrogen-bond acceptors (Lipinski definition) is 5. The van der Waals surface area contributed by atoms with Crippen LogP contribution in [0.5, 0.6) is 23.0 Å². The Morgan fingerprint density at radius 3 is 2.76 bits per heavy atom. The Kier molecular flexibility index (Phi) is 3.16. The van der Waals surface area contributed by atoms with E-state index >= 15 is 0 Å². The third-order valence-corrected chi connectivity index (χ3v) is 5.82. The molecule has 0 radical (unpaired) electrons. The Labute approximate surface area is 146 Å². The molecule has 2 aromatic rings. The first-order valence-electron chi connectivity index (χ1n) is 8.72. The predicted molar refractivity (Wildman–Crippen MR) is 92.5 cm³/mol. The average Bonchev–Trinajstić information content (AvgIpc) is 3.07. The van der Waals surface area contributed by atoms with Crippen LogP contribution in [0.4, 0.5) is 0 Å². The summed E-state index contributed by atoms with van der Waals surface area (Å²) in [6.45, 7) is 4.34. The molecule has 3 heterocycles. The topological polar surface area (TPSA) is 51.2 Å². The average molecular weight is 339 g/mol. The van der Waals surface area contributed by atoms with E-state index in [2.05, 4.69) is 24.0 Å². The van der Waals surface area contributed by atoms with Gasteiger partial charge in [0.1, 0.15) is 0 Å². The maximum absolute atomic E-state index is 10.1. The Morgan fingerprint density at radius 2 is 1.96 bits per heavy atom. The number of nitrogens with zero attached hydrogens (tertiary/aromatic N) is 1. The van der Waals surface area contributed by atoms with Gasteiger partial charge in [0.25, 0.3) is 0 Å². The van der Waals surface area contributed by atoms with E-state index in [9.17, 15) is 5.11 Å². The molecule has 0 aromatic heterocycles. The zero-order chi connectivity index (χ0) is 17.1. The lowest BCUT2D eigenvalue weighted by Gasteiger charge is -2.45. The number of rotatable bonds is 1. The molecular formula is C20H21NO4. The molecule has 1 N–H and O–H groups in total. The molecule has 0 fully saturated rings. The van der Waals surface area contributed by atoms with Gasteiger partial charge in [0.2, 0.25) is 6.79 Å². The van der Waals surface area contributed by atoms with E-state index in [-0.39, 0.29) is 5.75 Å². The van der Waals surface area contributed by atoms with E-state index in [0.29, 0.717) is 24.5 Å². The van der Waals surface area contributed by atoms with E-state index in [4.69, 9.17) is 14.2 Å². The van der Waals surface area contributed by atoms with Crippen molar-refractivity contribution in [2.75, 3.05) is 20.4 Å². The summed E-state index contributed by atoms with van der Waals surface area (Å²) in [6.07, 6.45) is 0.992. The molecule has 2 atom stereocenters. The summed E-state index contributed by atoms with van der Waals surface area (Å²) in [6, 6.07) is 8.39. The summed E-state index contributed by atoms with van der Waals surface area (Å²) in [5.74, 6) is 2.84. The fourth-order valence-electron chi connectivity index (χ4n) is 4.68. The molecule has 130 valence electrons. The SMILES string of the molecule is COc1c(O)ccc2c1CN1CCc3cc4c(cc3C1C2C)OCO4. The number of phenols is 1. The van der Waals surface area contributed by atoms with Gasteiger partial charge in [0, 0.05) is 30.6 Å². The van der Waals surface area contributed by atoms with Gasteiger partial charge in [-0.2, -0.15) is 0 Å². The van der Waals surface area contributed by atoms with Gasteiger partial charge in [0.15, 0.2) is 23.0 Å². The van der Waals surface area contributed by atoms with Gasteiger partial charge in [-0.25, -0.2) is 0 Å². The molecule has 3 aliphatic rings.